The first-order chi connectivity index (χ1) is 14.2. The van der Waals surface area contributed by atoms with E-state index in [2.05, 4.69) is 40.3 Å². The number of ether oxygens (including phenoxy) is 1. The van der Waals surface area contributed by atoms with Crippen molar-refractivity contribution in [1.82, 2.24) is 15.4 Å². The molecule has 0 fully saturated rings. The first-order valence-corrected chi connectivity index (χ1v) is 11.6. The van der Waals surface area contributed by atoms with Gasteiger partial charge in [0.05, 0.1) is 11.8 Å². The van der Waals surface area contributed by atoms with Gasteiger partial charge in [-0.2, -0.15) is 0 Å². The van der Waals surface area contributed by atoms with Gasteiger partial charge in [-0.1, -0.05) is 42.5 Å². The van der Waals surface area contributed by atoms with Gasteiger partial charge in [0.25, 0.3) is 0 Å². The minimum atomic E-state index is -3.30. The molecule has 2 aromatic rings. The van der Waals surface area contributed by atoms with Crippen LogP contribution in [-0.2, 0) is 22.3 Å². The minimum Gasteiger partial charge on any atom is -0.487 e. The normalized spacial score (nSPS) is 18.3. The van der Waals surface area contributed by atoms with Gasteiger partial charge in [0.1, 0.15) is 11.4 Å². The predicted molar refractivity (Wildman–Crippen MR) is 120 cm³/mol. The maximum absolute atomic E-state index is 11.8. The largest absolute Gasteiger partial charge is 0.487 e. The molecule has 0 amide bonds. The predicted octanol–water partition coefficient (Wildman–Crippen LogP) is 2.70. The zero-order valence-electron chi connectivity index (χ0n) is 17.9. The van der Waals surface area contributed by atoms with E-state index >= 15 is 0 Å². The second-order valence-electron chi connectivity index (χ2n) is 8.01. The van der Waals surface area contributed by atoms with Crippen molar-refractivity contribution in [3.8, 4) is 5.75 Å². The van der Waals surface area contributed by atoms with E-state index in [1.54, 1.807) is 7.05 Å². The molecule has 1 aliphatic rings. The third kappa shape index (κ3) is 5.73. The quantitative estimate of drug-likeness (QED) is 0.484. The van der Waals surface area contributed by atoms with Crippen molar-refractivity contribution < 1.29 is 13.2 Å². The van der Waals surface area contributed by atoms with Gasteiger partial charge >= 0.3 is 0 Å². The average molecular weight is 431 g/mol. The number of hydrogen-bond donors (Lipinski definition) is 3. The lowest BCUT2D eigenvalue weighted by atomic mass is 9.90. The van der Waals surface area contributed by atoms with Crippen molar-refractivity contribution in [2.24, 2.45) is 4.99 Å². The highest BCUT2D eigenvalue weighted by atomic mass is 32.2. The summed E-state index contributed by atoms with van der Waals surface area (Å²) in [6.45, 7) is 4.69. The Balaban J connectivity index is 1.68. The van der Waals surface area contributed by atoms with Crippen LogP contribution in [0, 0.1) is 0 Å². The van der Waals surface area contributed by atoms with E-state index in [9.17, 15) is 8.42 Å². The summed E-state index contributed by atoms with van der Waals surface area (Å²) in [5.41, 5.74) is 2.55. The number of nitrogens with one attached hydrogen (secondary N) is 3. The summed E-state index contributed by atoms with van der Waals surface area (Å²) >= 11 is 0. The highest BCUT2D eigenvalue weighted by Crippen LogP contribution is 2.39. The Labute approximate surface area is 179 Å². The molecule has 3 N–H and O–H groups in total. The minimum absolute atomic E-state index is 0.0434. The smallest absolute Gasteiger partial charge is 0.215 e. The molecule has 0 saturated heterocycles. The summed E-state index contributed by atoms with van der Waals surface area (Å²) in [4.78, 5) is 4.36. The van der Waals surface area contributed by atoms with Gasteiger partial charge in [-0.05, 0) is 38.1 Å². The van der Waals surface area contributed by atoms with Gasteiger partial charge in [-0.15, -0.1) is 0 Å². The van der Waals surface area contributed by atoms with Crippen LogP contribution in [-0.4, -0.2) is 34.1 Å². The molecule has 1 heterocycles. The standard InChI is InChI=1S/C22H30N4O3S/c1-22(2)13-19(18-10-5-6-11-20(18)29-22)26-21(23-3)25-14-16-8-7-9-17(12-16)15-30(27,28)24-4/h5-12,19,24H,13-15H2,1-4H3,(H2,23,25,26). The fraction of sp³-hybridized carbons (Fsp3) is 0.409. The Hall–Kier alpha value is -2.58. The van der Waals surface area contributed by atoms with Gasteiger partial charge in [-0.3, -0.25) is 4.99 Å². The molecule has 8 heteroatoms. The molecule has 162 valence electrons. The molecule has 1 atom stereocenters. The van der Waals surface area contributed by atoms with Crippen LogP contribution >= 0.6 is 0 Å². The molecule has 30 heavy (non-hydrogen) atoms. The van der Waals surface area contributed by atoms with E-state index in [1.807, 2.05) is 42.5 Å². The number of fused-ring (bicyclic) bond motifs is 1. The Morgan fingerprint density at radius 1 is 1.17 bits per heavy atom. The van der Waals surface area contributed by atoms with Crippen molar-refractivity contribution >= 4 is 16.0 Å². The molecule has 0 saturated carbocycles. The molecule has 7 nitrogen and oxygen atoms in total. The van der Waals surface area contributed by atoms with Crippen molar-refractivity contribution in [2.75, 3.05) is 14.1 Å². The second kappa shape index (κ2) is 9.06. The number of para-hydroxylation sites is 1. The molecular weight excluding hydrogens is 400 g/mol. The Morgan fingerprint density at radius 3 is 2.63 bits per heavy atom. The summed E-state index contributed by atoms with van der Waals surface area (Å²) in [6, 6.07) is 15.7. The Morgan fingerprint density at radius 2 is 1.90 bits per heavy atom. The van der Waals surface area contributed by atoms with Gasteiger partial charge in [0.2, 0.25) is 10.0 Å². The van der Waals surface area contributed by atoms with E-state index in [-0.39, 0.29) is 17.4 Å². The van der Waals surface area contributed by atoms with E-state index in [0.717, 1.165) is 28.9 Å². The van der Waals surface area contributed by atoms with Crippen LogP contribution in [0.4, 0.5) is 0 Å². The highest BCUT2D eigenvalue weighted by Gasteiger charge is 2.33. The number of benzene rings is 2. The third-order valence-electron chi connectivity index (χ3n) is 5.03. The van der Waals surface area contributed by atoms with Crippen molar-refractivity contribution in [2.45, 2.75) is 44.2 Å². The fourth-order valence-corrected chi connectivity index (χ4v) is 4.36. The number of hydrogen-bond acceptors (Lipinski definition) is 4. The van der Waals surface area contributed by atoms with Crippen LogP contribution in [0.25, 0.3) is 0 Å². The lowest BCUT2D eigenvalue weighted by Crippen LogP contribution is -2.45. The SMILES string of the molecule is CN=C(NCc1cccc(CS(=O)(=O)NC)c1)NC1CC(C)(C)Oc2ccccc21. The van der Waals surface area contributed by atoms with Gasteiger partial charge < -0.3 is 15.4 Å². The molecule has 1 aliphatic heterocycles. The van der Waals surface area contributed by atoms with Crippen LogP contribution in [0.2, 0.25) is 0 Å². The summed E-state index contributed by atoms with van der Waals surface area (Å²) < 4.78 is 32.0. The zero-order valence-corrected chi connectivity index (χ0v) is 18.7. The summed E-state index contributed by atoms with van der Waals surface area (Å²) in [6.07, 6.45) is 0.808. The van der Waals surface area contributed by atoms with E-state index in [0.29, 0.717) is 12.5 Å². The molecule has 0 aromatic heterocycles. The summed E-state index contributed by atoms with van der Waals surface area (Å²) in [5, 5.41) is 6.83. The molecule has 0 spiro atoms. The van der Waals surface area contributed by atoms with Crippen LogP contribution in [0.15, 0.2) is 53.5 Å². The number of sulfonamides is 1. The van der Waals surface area contributed by atoms with Crippen LogP contribution in [0.5, 0.6) is 5.75 Å². The number of guanidine groups is 1. The van der Waals surface area contributed by atoms with Gasteiger partial charge in [-0.25, -0.2) is 13.1 Å². The van der Waals surface area contributed by atoms with E-state index in [1.165, 1.54) is 7.05 Å². The first kappa shape index (κ1) is 22.1. The van der Waals surface area contributed by atoms with E-state index < -0.39 is 10.0 Å². The Kier molecular flexibility index (Phi) is 6.67. The molecule has 2 aromatic carbocycles. The third-order valence-corrected chi connectivity index (χ3v) is 6.37. The monoisotopic (exact) mass is 430 g/mol. The summed E-state index contributed by atoms with van der Waals surface area (Å²) in [5.74, 6) is 1.53. The van der Waals surface area contributed by atoms with E-state index in [4.69, 9.17) is 4.74 Å². The van der Waals surface area contributed by atoms with Gasteiger partial charge in [0.15, 0.2) is 5.96 Å². The zero-order chi connectivity index (χ0) is 21.8. The number of rotatable bonds is 6. The molecule has 0 bridgehead atoms. The Bertz CT molecular complexity index is 1020. The van der Waals surface area contributed by atoms with Crippen LogP contribution in [0.3, 0.4) is 0 Å². The summed E-state index contributed by atoms with van der Waals surface area (Å²) in [7, 11) is -0.142. The van der Waals surface area contributed by atoms with Crippen molar-refractivity contribution in [3.05, 3.63) is 65.2 Å². The lowest BCUT2D eigenvalue weighted by molar-refractivity contribution is 0.0694. The number of nitrogens with zero attached hydrogens (tertiary/aromatic N) is 1. The molecular formula is C22H30N4O3S. The molecule has 3 rings (SSSR count). The lowest BCUT2D eigenvalue weighted by Gasteiger charge is -2.38. The number of aliphatic imine (C=N–C) groups is 1. The fourth-order valence-electron chi connectivity index (χ4n) is 3.60. The second-order valence-corrected chi connectivity index (χ2v) is 9.94. The van der Waals surface area contributed by atoms with Crippen molar-refractivity contribution in [1.29, 1.82) is 0 Å². The molecule has 0 aliphatic carbocycles. The maximum atomic E-state index is 11.8. The maximum Gasteiger partial charge on any atom is 0.215 e. The van der Waals surface area contributed by atoms with Crippen LogP contribution < -0.4 is 20.1 Å². The van der Waals surface area contributed by atoms with Gasteiger partial charge in [0, 0.05) is 25.6 Å². The molecule has 1 unspecified atom stereocenters. The molecule has 0 radical (unpaired) electrons. The first-order valence-electron chi connectivity index (χ1n) is 9.95. The average Bonchev–Trinajstić information content (AvgIpc) is 2.70. The van der Waals surface area contributed by atoms with Crippen LogP contribution in [0.1, 0.15) is 43.0 Å². The van der Waals surface area contributed by atoms with Crippen molar-refractivity contribution in [3.63, 3.8) is 0 Å². The highest BCUT2D eigenvalue weighted by molar-refractivity contribution is 7.88. The topological polar surface area (TPSA) is 91.8 Å².